The number of benzene rings is 6. The second-order valence-electron chi connectivity index (χ2n) is 15.3. The summed E-state index contributed by atoms with van der Waals surface area (Å²) < 4.78 is 0. The summed E-state index contributed by atoms with van der Waals surface area (Å²) in [5, 5.41) is 5.57. The fraction of sp³-hybridized carbons (Fsp3) is 0.250. The Morgan fingerprint density at radius 2 is 0.981 bits per heavy atom. The van der Waals surface area contributed by atoms with Crippen molar-refractivity contribution in [2.24, 2.45) is 0 Å². The normalized spacial score (nSPS) is 20.5. The molecule has 0 radical (unpaired) electrons. The Balaban J connectivity index is 1.27. The van der Waals surface area contributed by atoms with Crippen LogP contribution in [0.4, 0.5) is 39.8 Å². The number of fused-ring (bicyclic) bond motifs is 6. The zero-order chi connectivity index (χ0) is 35.6. The van der Waals surface area contributed by atoms with Gasteiger partial charge in [0.05, 0.1) is 39.7 Å². The Kier molecular flexibility index (Phi) is 8.16. The maximum absolute atomic E-state index is 2.71. The topological polar surface area (TPSA) is 13.0 Å². The van der Waals surface area contributed by atoms with Crippen LogP contribution in [-0.4, -0.2) is 37.5 Å². The van der Waals surface area contributed by atoms with Gasteiger partial charge in [-0.2, -0.15) is 0 Å². The van der Waals surface area contributed by atoms with Gasteiger partial charge >= 0.3 is 0 Å². The third kappa shape index (κ3) is 5.36. The molecule has 4 heterocycles. The summed E-state index contributed by atoms with van der Waals surface area (Å²) in [4.78, 5) is 14.5. The van der Waals surface area contributed by atoms with Gasteiger partial charge in [0.25, 0.3) is 0 Å². The van der Waals surface area contributed by atoms with E-state index < -0.39 is 0 Å². The van der Waals surface area contributed by atoms with Crippen LogP contribution in [-0.2, 0) is 0 Å². The SMILES string of the molecule is C1=CC2Sc3ccccc3N(c3c4ccc(N5CCCCC5)cc4c(N4c5ccccc5Sc5ccccc54)c4ccc(N5CCCCC5)cc34)C2C=C1. The van der Waals surface area contributed by atoms with Crippen LogP contribution in [0, 0.1) is 0 Å². The molecule has 2 saturated heterocycles. The number of para-hydroxylation sites is 3. The lowest BCUT2D eigenvalue weighted by atomic mass is 9.92. The van der Waals surface area contributed by atoms with Crippen LogP contribution in [0.5, 0.6) is 0 Å². The third-order valence-corrected chi connectivity index (χ3v) is 14.5. The van der Waals surface area contributed by atoms with Gasteiger partial charge in [-0.3, -0.25) is 0 Å². The molecule has 0 bridgehead atoms. The summed E-state index contributed by atoms with van der Waals surface area (Å²) in [5.74, 6) is 0. The fourth-order valence-corrected chi connectivity index (χ4v) is 11.9. The van der Waals surface area contributed by atoms with Gasteiger partial charge in [-0.05, 0) is 99.2 Å². The second kappa shape index (κ2) is 13.5. The number of rotatable bonds is 4. The Hall–Kier alpha value is -4.78. The third-order valence-electron chi connectivity index (χ3n) is 12.1. The maximum Gasteiger partial charge on any atom is 0.0683 e. The first-order valence-corrected chi connectivity index (χ1v) is 21.6. The van der Waals surface area contributed by atoms with E-state index >= 15 is 0 Å². The van der Waals surface area contributed by atoms with Gasteiger partial charge in [0.1, 0.15) is 0 Å². The molecule has 0 aromatic heterocycles. The molecule has 1 aliphatic carbocycles. The summed E-state index contributed by atoms with van der Waals surface area (Å²) in [5.41, 5.74) is 9.07. The van der Waals surface area contributed by atoms with Gasteiger partial charge in [0.15, 0.2) is 0 Å². The second-order valence-corrected chi connectivity index (χ2v) is 17.6. The van der Waals surface area contributed by atoms with Crippen LogP contribution in [0.2, 0.25) is 0 Å². The van der Waals surface area contributed by atoms with Crippen molar-refractivity contribution in [1.29, 1.82) is 0 Å². The van der Waals surface area contributed by atoms with Gasteiger partial charge < -0.3 is 19.6 Å². The van der Waals surface area contributed by atoms with Crippen molar-refractivity contribution in [2.45, 2.75) is 64.5 Å². The lowest BCUT2D eigenvalue weighted by molar-refractivity contribution is 0.578. The quantitative estimate of drug-likeness (QED) is 0.166. The van der Waals surface area contributed by atoms with Crippen molar-refractivity contribution in [3.63, 3.8) is 0 Å². The smallest absolute Gasteiger partial charge is 0.0683 e. The number of piperidine rings is 2. The van der Waals surface area contributed by atoms with Gasteiger partial charge in [-0.1, -0.05) is 84.6 Å². The predicted molar refractivity (Wildman–Crippen MR) is 233 cm³/mol. The minimum atomic E-state index is 0.195. The first-order chi connectivity index (χ1) is 26.8. The van der Waals surface area contributed by atoms with Crippen molar-refractivity contribution < 1.29 is 0 Å². The molecule has 2 atom stereocenters. The molecule has 4 aliphatic heterocycles. The molecule has 0 amide bonds. The van der Waals surface area contributed by atoms with E-state index in [0.717, 1.165) is 26.2 Å². The van der Waals surface area contributed by atoms with E-state index in [1.165, 1.54) is 115 Å². The first kappa shape index (κ1) is 32.6. The lowest BCUT2D eigenvalue weighted by Crippen LogP contribution is -2.41. The van der Waals surface area contributed by atoms with E-state index in [9.17, 15) is 0 Å². The number of nitrogens with zero attached hydrogens (tertiary/aromatic N) is 4. The average Bonchev–Trinajstić information content (AvgIpc) is 3.24. The molecule has 6 heteroatoms. The minimum absolute atomic E-state index is 0.195. The van der Waals surface area contributed by atoms with Crippen LogP contribution in [0.25, 0.3) is 21.5 Å². The highest BCUT2D eigenvalue weighted by atomic mass is 32.2. The number of allylic oxidation sites excluding steroid dienone is 2. The van der Waals surface area contributed by atoms with E-state index in [1.807, 2.05) is 23.5 Å². The Labute approximate surface area is 327 Å². The zero-order valence-electron chi connectivity index (χ0n) is 30.5. The van der Waals surface area contributed by atoms with E-state index in [4.69, 9.17) is 0 Å². The Morgan fingerprint density at radius 1 is 0.463 bits per heavy atom. The molecule has 5 aliphatic rings. The van der Waals surface area contributed by atoms with Crippen molar-refractivity contribution in [1.82, 2.24) is 0 Å². The van der Waals surface area contributed by atoms with Crippen molar-refractivity contribution in [3.05, 3.63) is 133 Å². The number of thioether (sulfide) groups is 1. The largest absolute Gasteiger partial charge is 0.372 e. The first-order valence-electron chi connectivity index (χ1n) is 19.9. The summed E-state index contributed by atoms with van der Waals surface area (Å²) >= 11 is 3.89. The van der Waals surface area contributed by atoms with Crippen molar-refractivity contribution in [3.8, 4) is 0 Å². The molecule has 6 aromatic carbocycles. The Morgan fingerprint density at radius 3 is 1.61 bits per heavy atom. The van der Waals surface area contributed by atoms with E-state index in [-0.39, 0.29) is 6.04 Å². The molecule has 0 saturated carbocycles. The molecule has 0 spiro atoms. The molecule has 4 nitrogen and oxygen atoms in total. The summed E-state index contributed by atoms with van der Waals surface area (Å²) in [6.07, 6.45) is 17.0. The Bertz CT molecular complexity index is 2430. The minimum Gasteiger partial charge on any atom is -0.372 e. The monoisotopic (exact) mass is 740 g/mol. The standard InChI is InChI=1S/C48H44N4S2/c1-11-27-49(28-12-1)33-23-25-35-37(31-33)47(51-39-15-3-7-19-43(39)53-44-20-8-4-16-40(44)51)36-26-24-34(50-29-13-2-14-30-50)32-38(36)48(35)52-41-17-5-9-21-45(41)54-46-22-10-6-18-42(46)52/h3-10,15-26,31-32,39,43H,1-2,11-14,27-30H2. The lowest BCUT2D eigenvalue weighted by Gasteiger charge is -2.43. The van der Waals surface area contributed by atoms with Crippen LogP contribution in [0.3, 0.4) is 0 Å². The van der Waals surface area contributed by atoms with Gasteiger partial charge in [-0.25, -0.2) is 0 Å². The van der Waals surface area contributed by atoms with Crippen LogP contribution in [0.15, 0.2) is 148 Å². The maximum atomic E-state index is 2.71. The van der Waals surface area contributed by atoms with Crippen molar-refractivity contribution >= 4 is 84.9 Å². The van der Waals surface area contributed by atoms with E-state index in [0.29, 0.717) is 5.25 Å². The van der Waals surface area contributed by atoms with Gasteiger partial charge in [0.2, 0.25) is 0 Å². The molecule has 2 unspecified atom stereocenters. The van der Waals surface area contributed by atoms with Crippen LogP contribution < -0.4 is 19.6 Å². The molecule has 6 aromatic rings. The molecule has 54 heavy (non-hydrogen) atoms. The number of hydrogen-bond acceptors (Lipinski definition) is 6. The number of anilines is 7. The summed E-state index contributed by atoms with van der Waals surface area (Å²) in [6, 6.07) is 42.2. The molecule has 268 valence electrons. The zero-order valence-corrected chi connectivity index (χ0v) is 32.2. The molecular weight excluding hydrogens is 697 g/mol. The predicted octanol–water partition coefficient (Wildman–Crippen LogP) is 13.0. The highest BCUT2D eigenvalue weighted by Crippen LogP contribution is 2.58. The highest BCUT2D eigenvalue weighted by molar-refractivity contribution is 8.00. The summed E-state index contributed by atoms with van der Waals surface area (Å²) in [6.45, 7) is 4.46. The summed E-state index contributed by atoms with van der Waals surface area (Å²) in [7, 11) is 0. The van der Waals surface area contributed by atoms with Crippen LogP contribution in [0.1, 0.15) is 38.5 Å². The highest BCUT2D eigenvalue weighted by Gasteiger charge is 2.37. The van der Waals surface area contributed by atoms with E-state index in [2.05, 4.69) is 153 Å². The molecule has 11 rings (SSSR count). The average molecular weight is 741 g/mol. The van der Waals surface area contributed by atoms with Gasteiger partial charge in [-0.15, -0.1) is 11.8 Å². The molecular formula is C48H44N4S2. The van der Waals surface area contributed by atoms with Crippen molar-refractivity contribution in [2.75, 3.05) is 45.8 Å². The number of hydrogen-bond donors (Lipinski definition) is 0. The molecule has 0 N–H and O–H groups in total. The molecule has 2 fully saturated rings. The fourth-order valence-electron chi connectivity index (χ4n) is 9.55. The van der Waals surface area contributed by atoms with Crippen LogP contribution >= 0.6 is 23.5 Å². The van der Waals surface area contributed by atoms with E-state index in [1.54, 1.807) is 0 Å². The van der Waals surface area contributed by atoms with Gasteiger partial charge in [0, 0.05) is 73.8 Å².